The van der Waals surface area contributed by atoms with Gasteiger partial charge in [-0.15, -0.1) is 0 Å². The van der Waals surface area contributed by atoms with E-state index in [1.165, 1.54) is 0 Å². The number of hydrazone groups is 1. The molecule has 0 aromatic heterocycles. The van der Waals surface area contributed by atoms with Gasteiger partial charge in [-0.05, 0) is 41.0 Å². The first-order chi connectivity index (χ1) is 14.0. The Kier molecular flexibility index (Phi) is 6.53. The third-order valence-corrected chi connectivity index (χ3v) is 4.34. The lowest BCUT2D eigenvalue weighted by Gasteiger charge is -2.08. The van der Waals surface area contributed by atoms with Crippen molar-refractivity contribution in [1.29, 1.82) is 0 Å². The van der Waals surface area contributed by atoms with E-state index in [4.69, 9.17) is 0 Å². The van der Waals surface area contributed by atoms with E-state index >= 15 is 0 Å². The molecule has 0 aliphatic carbocycles. The fourth-order valence-corrected chi connectivity index (χ4v) is 2.61. The van der Waals surface area contributed by atoms with Crippen LogP contribution in [0.25, 0.3) is 11.1 Å². The maximum atomic E-state index is 12.2. The predicted molar refractivity (Wildman–Crippen MR) is 117 cm³/mol. The number of carbonyl (C=O) groups is 2. The number of nitrogens with one attached hydrogen (secondary N) is 2. The Morgan fingerprint density at radius 3 is 2.07 bits per heavy atom. The summed E-state index contributed by atoms with van der Waals surface area (Å²) >= 11 is 0. The third kappa shape index (κ3) is 5.62. The largest absolute Gasteiger partial charge is 0.326 e. The molecule has 0 fully saturated rings. The summed E-state index contributed by atoms with van der Waals surface area (Å²) in [5.74, 6) is -0.483. The lowest BCUT2D eigenvalue weighted by atomic mass is 10.0. The molecule has 0 unspecified atom stereocenters. The maximum Gasteiger partial charge on any atom is 0.271 e. The summed E-state index contributed by atoms with van der Waals surface area (Å²) in [4.78, 5) is 23.9. The number of hydrogen-bond acceptors (Lipinski definition) is 3. The summed E-state index contributed by atoms with van der Waals surface area (Å²) in [5, 5.41) is 6.81. The van der Waals surface area contributed by atoms with Crippen LogP contribution in [0, 0.1) is 5.92 Å². The monoisotopic (exact) mass is 385 g/mol. The molecule has 2 amide bonds. The zero-order valence-corrected chi connectivity index (χ0v) is 16.4. The van der Waals surface area contributed by atoms with E-state index in [-0.39, 0.29) is 17.7 Å². The predicted octanol–water partition coefficient (Wildman–Crippen LogP) is 4.71. The smallest absolute Gasteiger partial charge is 0.271 e. The van der Waals surface area contributed by atoms with Crippen LogP contribution in [-0.2, 0) is 4.79 Å². The van der Waals surface area contributed by atoms with E-state index in [1.54, 1.807) is 30.5 Å². The number of nitrogens with zero attached hydrogens (tertiary/aromatic N) is 1. The molecule has 29 heavy (non-hydrogen) atoms. The molecule has 3 aromatic rings. The van der Waals surface area contributed by atoms with E-state index in [9.17, 15) is 9.59 Å². The number of rotatable bonds is 6. The van der Waals surface area contributed by atoms with Gasteiger partial charge in [0.2, 0.25) is 5.91 Å². The lowest BCUT2D eigenvalue weighted by Crippen LogP contribution is -2.19. The molecule has 0 radical (unpaired) electrons. The van der Waals surface area contributed by atoms with Gasteiger partial charge in [-0.25, -0.2) is 5.43 Å². The summed E-state index contributed by atoms with van der Waals surface area (Å²) in [7, 11) is 0. The van der Waals surface area contributed by atoms with Crippen molar-refractivity contribution in [3.63, 3.8) is 0 Å². The third-order valence-electron chi connectivity index (χ3n) is 4.34. The zero-order chi connectivity index (χ0) is 20.6. The highest BCUT2D eigenvalue weighted by atomic mass is 16.2. The SMILES string of the molecule is CC(C)C(=O)Nc1ccc(C(=O)N/N=C/c2ccc(-c3ccccc3)cc2)cc1. The van der Waals surface area contributed by atoms with Crippen molar-refractivity contribution < 1.29 is 9.59 Å². The van der Waals surface area contributed by atoms with Crippen molar-refractivity contribution in [3.05, 3.63) is 90.0 Å². The Morgan fingerprint density at radius 1 is 0.828 bits per heavy atom. The summed E-state index contributed by atoms with van der Waals surface area (Å²) in [6.07, 6.45) is 1.60. The second kappa shape index (κ2) is 9.46. The van der Waals surface area contributed by atoms with Crippen LogP contribution in [0.2, 0.25) is 0 Å². The molecule has 5 nitrogen and oxygen atoms in total. The van der Waals surface area contributed by atoms with E-state index in [0.717, 1.165) is 16.7 Å². The summed E-state index contributed by atoms with van der Waals surface area (Å²) < 4.78 is 0. The fourth-order valence-electron chi connectivity index (χ4n) is 2.61. The second-order valence-electron chi connectivity index (χ2n) is 6.91. The first-order valence-corrected chi connectivity index (χ1v) is 9.43. The Morgan fingerprint density at radius 2 is 1.45 bits per heavy atom. The standard InChI is InChI=1S/C24H23N3O2/c1-17(2)23(28)26-22-14-12-21(13-15-22)24(29)27-25-16-18-8-10-20(11-9-18)19-6-4-3-5-7-19/h3-17H,1-2H3,(H,26,28)(H,27,29)/b25-16+. The molecule has 0 atom stereocenters. The molecular weight excluding hydrogens is 362 g/mol. The molecule has 0 aliphatic heterocycles. The van der Waals surface area contributed by atoms with Gasteiger partial charge in [-0.3, -0.25) is 9.59 Å². The number of amides is 2. The van der Waals surface area contributed by atoms with Crippen molar-refractivity contribution >= 4 is 23.7 Å². The minimum absolute atomic E-state index is 0.0647. The van der Waals surface area contributed by atoms with E-state index < -0.39 is 0 Å². The van der Waals surface area contributed by atoms with Gasteiger partial charge in [-0.2, -0.15) is 5.10 Å². The Hall–Kier alpha value is -3.73. The van der Waals surface area contributed by atoms with Crippen LogP contribution in [0.4, 0.5) is 5.69 Å². The average molecular weight is 385 g/mol. The van der Waals surface area contributed by atoms with Crippen LogP contribution in [0.3, 0.4) is 0 Å². The minimum atomic E-state index is -0.316. The number of anilines is 1. The molecule has 146 valence electrons. The normalized spacial score (nSPS) is 10.9. The molecule has 3 rings (SSSR count). The van der Waals surface area contributed by atoms with E-state index in [1.807, 2.05) is 56.3 Å². The summed E-state index contributed by atoms with van der Waals surface area (Å²) in [6.45, 7) is 3.65. The number of hydrogen-bond donors (Lipinski definition) is 2. The maximum absolute atomic E-state index is 12.2. The molecule has 0 saturated heterocycles. The molecule has 5 heteroatoms. The quantitative estimate of drug-likeness (QED) is 0.476. The summed E-state index contributed by atoms with van der Waals surface area (Å²) in [6, 6.07) is 24.7. The molecule has 0 aliphatic rings. The van der Waals surface area contributed by atoms with Gasteiger partial charge in [0.1, 0.15) is 0 Å². The van der Waals surface area contributed by atoms with Crippen LogP contribution >= 0.6 is 0 Å². The first kappa shape index (κ1) is 20.0. The molecule has 2 N–H and O–H groups in total. The highest BCUT2D eigenvalue weighted by Gasteiger charge is 2.08. The van der Waals surface area contributed by atoms with Gasteiger partial charge in [0, 0.05) is 17.2 Å². The first-order valence-electron chi connectivity index (χ1n) is 9.43. The van der Waals surface area contributed by atoms with Crippen LogP contribution in [0.1, 0.15) is 29.8 Å². The molecule has 3 aromatic carbocycles. The van der Waals surface area contributed by atoms with Crippen molar-refractivity contribution in [3.8, 4) is 11.1 Å². The van der Waals surface area contributed by atoms with Crippen molar-refractivity contribution in [2.45, 2.75) is 13.8 Å². The Labute approximate surface area is 170 Å². The van der Waals surface area contributed by atoms with Gasteiger partial charge < -0.3 is 5.32 Å². The summed E-state index contributed by atoms with van der Waals surface area (Å²) in [5.41, 5.74) is 6.79. The van der Waals surface area contributed by atoms with Gasteiger partial charge >= 0.3 is 0 Å². The van der Waals surface area contributed by atoms with E-state index in [2.05, 4.69) is 28.0 Å². The molecule has 0 bridgehead atoms. The van der Waals surface area contributed by atoms with Crippen molar-refractivity contribution in [2.75, 3.05) is 5.32 Å². The van der Waals surface area contributed by atoms with Gasteiger partial charge in [-0.1, -0.05) is 68.4 Å². The van der Waals surface area contributed by atoms with Crippen LogP contribution in [0.15, 0.2) is 84.0 Å². The minimum Gasteiger partial charge on any atom is -0.326 e. The van der Waals surface area contributed by atoms with Crippen LogP contribution in [0.5, 0.6) is 0 Å². The lowest BCUT2D eigenvalue weighted by molar-refractivity contribution is -0.118. The highest BCUT2D eigenvalue weighted by Crippen LogP contribution is 2.18. The van der Waals surface area contributed by atoms with Crippen LogP contribution < -0.4 is 10.7 Å². The van der Waals surface area contributed by atoms with E-state index in [0.29, 0.717) is 11.3 Å². The second-order valence-corrected chi connectivity index (χ2v) is 6.91. The zero-order valence-electron chi connectivity index (χ0n) is 16.4. The molecule has 0 saturated carbocycles. The van der Waals surface area contributed by atoms with Gasteiger partial charge in [0.05, 0.1) is 6.21 Å². The van der Waals surface area contributed by atoms with Gasteiger partial charge in [0.15, 0.2) is 0 Å². The molecular formula is C24H23N3O2. The van der Waals surface area contributed by atoms with Crippen molar-refractivity contribution in [2.24, 2.45) is 11.0 Å². The highest BCUT2D eigenvalue weighted by molar-refractivity contribution is 5.96. The topological polar surface area (TPSA) is 70.6 Å². The van der Waals surface area contributed by atoms with Gasteiger partial charge in [0.25, 0.3) is 5.91 Å². The number of benzene rings is 3. The molecule has 0 heterocycles. The molecule has 0 spiro atoms. The van der Waals surface area contributed by atoms with Crippen LogP contribution in [-0.4, -0.2) is 18.0 Å². The average Bonchev–Trinajstić information content (AvgIpc) is 2.75. The Balaban J connectivity index is 1.56. The fraction of sp³-hybridized carbons (Fsp3) is 0.125. The number of carbonyl (C=O) groups excluding carboxylic acids is 2. The Bertz CT molecular complexity index is 993. The van der Waals surface area contributed by atoms with Crippen molar-refractivity contribution in [1.82, 2.24) is 5.43 Å².